The molecule has 0 bridgehead atoms. The van der Waals surface area contributed by atoms with Crippen LogP contribution >= 0.6 is 0 Å². The third kappa shape index (κ3) is 4.25. The molecule has 0 aromatic heterocycles. The zero-order chi connectivity index (χ0) is 10.9. The first-order valence-corrected chi connectivity index (χ1v) is 4.76. The molecule has 0 radical (unpaired) electrons. The molecule has 76 valence electrons. The van der Waals surface area contributed by atoms with E-state index in [-0.39, 0.29) is 16.6 Å². The zero-order valence-electron chi connectivity index (χ0n) is 9.82. The monoisotopic (exact) mass is 182 g/mol. The normalized spacial score (nSPS) is 12.8. The van der Waals surface area contributed by atoms with E-state index in [2.05, 4.69) is 27.4 Å². The van der Waals surface area contributed by atoms with E-state index in [1.54, 1.807) is 0 Å². The predicted octanol–water partition coefficient (Wildman–Crippen LogP) is 3.59. The number of hydrogen-bond acceptors (Lipinski definition) is 1. The van der Waals surface area contributed by atoms with Crippen LogP contribution in [0.5, 0.6) is 0 Å². The van der Waals surface area contributed by atoms with Gasteiger partial charge in [-0.1, -0.05) is 53.7 Å². The molecule has 0 aromatic carbocycles. The van der Waals surface area contributed by atoms with Gasteiger partial charge < -0.3 is 0 Å². The largest absolute Gasteiger partial charge is 0.299 e. The average molecular weight is 182 g/mol. The minimum absolute atomic E-state index is 0.0426. The number of rotatable bonds is 2. The lowest BCUT2D eigenvalue weighted by Crippen LogP contribution is -2.23. The number of allylic oxidation sites excluding steroid dienone is 1. The predicted molar refractivity (Wildman–Crippen MR) is 57.7 cm³/mol. The molecule has 0 amide bonds. The van der Waals surface area contributed by atoms with Gasteiger partial charge in [0.05, 0.1) is 0 Å². The van der Waals surface area contributed by atoms with Gasteiger partial charge in [-0.05, 0) is 5.41 Å². The van der Waals surface area contributed by atoms with Crippen LogP contribution in [0.4, 0.5) is 0 Å². The first-order valence-electron chi connectivity index (χ1n) is 4.76. The molecule has 1 heteroatoms. The summed E-state index contributed by atoms with van der Waals surface area (Å²) in [7, 11) is 0. The van der Waals surface area contributed by atoms with Gasteiger partial charge in [0.25, 0.3) is 0 Å². The van der Waals surface area contributed by atoms with Gasteiger partial charge in [-0.2, -0.15) is 0 Å². The van der Waals surface area contributed by atoms with Crippen LogP contribution in [0.15, 0.2) is 12.2 Å². The van der Waals surface area contributed by atoms with Crippen LogP contribution in [0, 0.1) is 10.8 Å². The summed E-state index contributed by atoms with van der Waals surface area (Å²) in [6, 6.07) is 0. The summed E-state index contributed by atoms with van der Waals surface area (Å²) in [4.78, 5) is 11.7. The van der Waals surface area contributed by atoms with E-state index >= 15 is 0 Å². The Morgan fingerprint density at radius 2 is 1.38 bits per heavy atom. The Morgan fingerprint density at radius 3 is 1.62 bits per heavy atom. The third-order valence-corrected chi connectivity index (χ3v) is 2.27. The van der Waals surface area contributed by atoms with Crippen molar-refractivity contribution in [2.24, 2.45) is 10.8 Å². The van der Waals surface area contributed by atoms with Crippen molar-refractivity contribution in [1.82, 2.24) is 0 Å². The van der Waals surface area contributed by atoms with Crippen LogP contribution in [0.2, 0.25) is 0 Å². The van der Waals surface area contributed by atoms with E-state index in [4.69, 9.17) is 0 Å². The molecule has 0 spiro atoms. The molecule has 0 saturated heterocycles. The van der Waals surface area contributed by atoms with Gasteiger partial charge >= 0.3 is 0 Å². The quantitative estimate of drug-likeness (QED) is 0.596. The molecule has 0 rings (SSSR count). The fourth-order valence-corrected chi connectivity index (χ4v) is 0.724. The highest BCUT2D eigenvalue weighted by Crippen LogP contribution is 2.29. The van der Waals surface area contributed by atoms with E-state index in [9.17, 15) is 4.79 Å². The standard InChI is InChI=1S/C12H22O/c1-9(11(2,3)4)8-10(13)12(5,6)7/h1,8H2,2-7H3. The molecular formula is C12H22O. The van der Waals surface area contributed by atoms with Gasteiger partial charge in [0.1, 0.15) is 5.78 Å². The second kappa shape index (κ2) is 3.65. The molecule has 0 fully saturated rings. The number of carbonyl (C=O) groups excluding carboxylic acids is 1. The highest BCUT2D eigenvalue weighted by Gasteiger charge is 2.25. The van der Waals surface area contributed by atoms with Gasteiger partial charge in [0.15, 0.2) is 0 Å². The summed E-state index contributed by atoms with van der Waals surface area (Å²) in [6.07, 6.45) is 0.507. The van der Waals surface area contributed by atoms with Crippen LogP contribution in [-0.4, -0.2) is 5.78 Å². The Balaban J connectivity index is 4.34. The summed E-state index contributed by atoms with van der Waals surface area (Å²) in [5, 5.41) is 0. The molecule has 13 heavy (non-hydrogen) atoms. The van der Waals surface area contributed by atoms with Crippen LogP contribution in [-0.2, 0) is 4.79 Å². The fourth-order valence-electron chi connectivity index (χ4n) is 0.724. The topological polar surface area (TPSA) is 17.1 Å². The van der Waals surface area contributed by atoms with Crippen molar-refractivity contribution in [2.75, 3.05) is 0 Å². The maximum atomic E-state index is 11.7. The van der Waals surface area contributed by atoms with Gasteiger partial charge in [-0.25, -0.2) is 0 Å². The molecule has 1 nitrogen and oxygen atoms in total. The van der Waals surface area contributed by atoms with Crippen molar-refractivity contribution < 1.29 is 4.79 Å². The van der Waals surface area contributed by atoms with E-state index in [1.807, 2.05) is 20.8 Å². The van der Waals surface area contributed by atoms with Crippen molar-refractivity contribution in [3.8, 4) is 0 Å². The number of ketones is 1. The average Bonchev–Trinajstić information content (AvgIpc) is 1.82. The minimum atomic E-state index is -0.242. The molecule has 0 saturated carbocycles. The van der Waals surface area contributed by atoms with Crippen LogP contribution in [0.3, 0.4) is 0 Å². The molecular weight excluding hydrogens is 160 g/mol. The Labute approximate surface area is 82.2 Å². The Bertz CT molecular complexity index is 186. The summed E-state index contributed by atoms with van der Waals surface area (Å²) in [5.41, 5.74) is 0.821. The van der Waals surface area contributed by atoms with Gasteiger partial charge in [-0.3, -0.25) is 4.79 Å². The van der Waals surface area contributed by atoms with Gasteiger partial charge in [0.2, 0.25) is 0 Å². The molecule has 0 aliphatic heterocycles. The molecule has 0 N–H and O–H groups in total. The van der Waals surface area contributed by atoms with Gasteiger partial charge in [-0.15, -0.1) is 0 Å². The highest BCUT2D eigenvalue weighted by atomic mass is 16.1. The Hall–Kier alpha value is -0.590. The number of Topliss-reactive ketones (excluding diaryl/α,β-unsaturated/α-hetero) is 1. The summed E-state index contributed by atoms with van der Waals surface area (Å²) in [5.74, 6) is 0.271. The summed E-state index contributed by atoms with van der Waals surface area (Å²) < 4.78 is 0. The molecule has 0 atom stereocenters. The lowest BCUT2D eigenvalue weighted by Gasteiger charge is -2.24. The summed E-state index contributed by atoms with van der Waals surface area (Å²) in [6.45, 7) is 16.1. The van der Waals surface area contributed by atoms with E-state index in [0.29, 0.717) is 6.42 Å². The third-order valence-electron chi connectivity index (χ3n) is 2.27. The molecule has 0 aliphatic carbocycles. The SMILES string of the molecule is C=C(CC(=O)C(C)(C)C)C(C)(C)C. The lowest BCUT2D eigenvalue weighted by molar-refractivity contribution is -0.125. The van der Waals surface area contributed by atoms with E-state index in [0.717, 1.165) is 5.57 Å². The van der Waals surface area contributed by atoms with Crippen molar-refractivity contribution in [3.05, 3.63) is 12.2 Å². The van der Waals surface area contributed by atoms with Crippen LogP contribution in [0.1, 0.15) is 48.0 Å². The Morgan fingerprint density at radius 1 is 1.00 bits per heavy atom. The zero-order valence-corrected chi connectivity index (χ0v) is 9.82. The first-order chi connectivity index (χ1) is 5.55. The molecule has 0 aliphatic rings. The highest BCUT2D eigenvalue weighted by molar-refractivity contribution is 5.85. The first kappa shape index (κ1) is 12.4. The van der Waals surface area contributed by atoms with E-state index in [1.165, 1.54) is 0 Å². The maximum Gasteiger partial charge on any atom is 0.142 e. The van der Waals surface area contributed by atoms with Crippen molar-refractivity contribution in [2.45, 2.75) is 48.0 Å². The van der Waals surface area contributed by atoms with Crippen molar-refractivity contribution >= 4 is 5.78 Å². The minimum Gasteiger partial charge on any atom is -0.299 e. The van der Waals surface area contributed by atoms with Crippen LogP contribution in [0.25, 0.3) is 0 Å². The molecule has 0 heterocycles. The lowest BCUT2D eigenvalue weighted by atomic mass is 9.80. The number of carbonyl (C=O) groups is 1. The maximum absolute atomic E-state index is 11.7. The smallest absolute Gasteiger partial charge is 0.142 e. The Kier molecular flexibility index (Phi) is 3.48. The second-order valence-electron chi connectivity index (χ2n) is 5.70. The van der Waals surface area contributed by atoms with Crippen molar-refractivity contribution in [3.63, 3.8) is 0 Å². The van der Waals surface area contributed by atoms with Crippen LogP contribution < -0.4 is 0 Å². The van der Waals surface area contributed by atoms with Crippen molar-refractivity contribution in [1.29, 1.82) is 0 Å². The second-order valence-corrected chi connectivity index (χ2v) is 5.70. The van der Waals surface area contributed by atoms with E-state index < -0.39 is 0 Å². The van der Waals surface area contributed by atoms with Gasteiger partial charge in [0, 0.05) is 11.8 Å². The fraction of sp³-hybridized carbons (Fsp3) is 0.750. The number of hydrogen-bond donors (Lipinski definition) is 0. The molecule has 0 unspecified atom stereocenters. The summed E-state index contributed by atoms with van der Waals surface area (Å²) >= 11 is 0. The molecule has 0 aromatic rings.